The molecule has 0 aromatic heterocycles. The SMILES string of the molecule is Cc1ccc(NC(=O)[C@@H](OC(=O)c2cccc([N+](=O)[O-])c2C)c2ccccc2)c([N+](=O)[O-])c1. The number of carbonyl (C=O) groups is 2. The van der Waals surface area contributed by atoms with Crippen LogP contribution < -0.4 is 5.32 Å². The van der Waals surface area contributed by atoms with E-state index in [1.807, 2.05) is 0 Å². The van der Waals surface area contributed by atoms with Gasteiger partial charge in [-0.2, -0.15) is 0 Å². The van der Waals surface area contributed by atoms with Crippen molar-refractivity contribution in [3.05, 3.63) is 109 Å². The normalized spacial score (nSPS) is 11.3. The number of benzene rings is 3. The highest BCUT2D eigenvalue weighted by molar-refractivity contribution is 6.00. The molecule has 0 radical (unpaired) electrons. The van der Waals surface area contributed by atoms with Gasteiger partial charge in [0.05, 0.1) is 15.4 Å². The van der Waals surface area contributed by atoms with Gasteiger partial charge < -0.3 is 10.1 Å². The predicted molar refractivity (Wildman–Crippen MR) is 119 cm³/mol. The van der Waals surface area contributed by atoms with Crippen LogP contribution in [0, 0.1) is 34.1 Å². The molecule has 0 bridgehead atoms. The molecule has 1 N–H and O–H groups in total. The topological polar surface area (TPSA) is 142 Å². The van der Waals surface area contributed by atoms with Gasteiger partial charge in [-0.3, -0.25) is 25.0 Å². The number of anilines is 1. The summed E-state index contributed by atoms with van der Waals surface area (Å²) in [5.41, 5.74) is 0.344. The minimum atomic E-state index is -1.46. The Morgan fingerprint density at radius 2 is 1.55 bits per heavy atom. The molecule has 10 nitrogen and oxygen atoms in total. The van der Waals surface area contributed by atoms with Gasteiger partial charge in [0.1, 0.15) is 5.69 Å². The summed E-state index contributed by atoms with van der Waals surface area (Å²) in [6.07, 6.45) is -1.46. The van der Waals surface area contributed by atoms with Crippen LogP contribution in [0.3, 0.4) is 0 Å². The maximum absolute atomic E-state index is 13.1. The zero-order valence-corrected chi connectivity index (χ0v) is 17.7. The van der Waals surface area contributed by atoms with Gasteiger partial charge in [-0.1, -0.05) is 42.5 Å². The molecule has 1 amide bonds. The summed E-state index contributed by atoms with van der Waals surface area (Å²) in [7, 11) is 0. The summed E-state index contributed by atoms with van der Waals surface area (Å²) in [6.45, 7) is 3.08. The van der Waals surface area contributed by atoms with Crippen LogP contribution in [-0.2, 0) is 9.53 Å². The largest absolute Gasteiger partial charge is 0.444 e. The second-order valence-corrected chi connectivity index (χ2v) is 7.17. The van der Waals surface area contributed by atoms with Gasteiger partial charge in [-0.25, -0.2) is 4.79 Å². The molecule has 0 aliphatic heterocycles. The first-order valence-electron chi connectivity index (χ1n) is 9.75. The monoisotopic (exact) mass is 449 g/mol. The summed E-state index contributed by atoms with van der Waals surface area (Å²) in [6, 6.07) is 16.3. The summed E-state index contributed by atoms with van der Waals surface area (Å²) < 4.78 is 5.45. The Morgan fingerprint density at radius 3 is 2.18 bits per heavy atom. The molecule has 0 aliphatic carbocycles. The number of nitro groups is 2. The van der Waals surface area contributed by atoms with Crippen LogP contribution in [-0.4, -0.2) is 21.7 Å². The molecular weight excluding hydrogens is 430 g/mol. The zero-order valence-electron chi connectivity index (χ0n) is 17.7. The van der Waals surface area contributed by atoms with E-state index in [1.165, 1.54) is 37.3 Å². The number of hydrogen-bond acceptors (Lipinski definition) is 7. The molecule has 0 fully saturated rings. The van der Waals surface area contributed by atoms with Gasteiger partial charge >= 0.3 is 5.97 Å². The van der Waals surface area contributed by atoms with E-state index in [0.29, 0.717) is 11.1 Å². The number of amides is 1. The quantitative estimate of drug-likeness (QED) is 0.314. The number of nitro benzene ring substituents is 2. The highest BCUT2D eigenvalue weighted by atomic mass is 16.6. The van der Waals surface area contributed by atoms with Crippen molar-refractivity contribution in [3.63, 3.8) is 0 Å². The Kier molecular flexibility index (Phi) is 6.77. The maximum atomic E-state index is 13.1. The number of nitrogens with one attached hydrogen (secondary N) is 1. The van der Waals surface area contributed by atoms with Gasteiger partial charge in [0.25, 0.3) is 17.3 Å². The lowest BCUT2D eigenvalue weighted by atomic mass is 10.1. The number of rotatable bonds is 7. The molecule has 1 atom stereocenters. The summed E-state index contributed by atoms with van der Waals surface area (Å²) in [5.74, 6) is -1.76. The fourth-order valence-electron chi connectivity index (χ4n) is 3.21. The first kappa shape index (κ1) is 23.1. The van der Waals surface area contributed by atoms with E-state index in [-0.39, 0.29) is 28.2 Å². The third kappa shape index (κ3) is 5.18. The fourth-order valence-corrected chi connectivity index (χ4v) is 3.21. The third-order valence-corrected chi connectivity index (χ3v) is 4.89. The molecule has 3 aromatic rings. The van der Waals surface area contributed by atoms with Crippen LogP contribution in [0.4, 0.5) is 17.1 Å². The van der Waals surface area contributed by atoms with E-state index in [9.17, 15) is 29.8 Å². The first-order chi connectivity index (χ1) is 15.7. The van der Waals surface area contributed by atoms with Crippen molar-refractivity contribution < 1.29 is 24.2 Å². The maximum Gasteiger partial charge on any atom is 0.339 e. The first-order valence-corrected chi connectivity index (χ1v) is 9.75. The molecule has 3 rings (SSSR count). The van der Waals surface area contributed by atoms with Crippen molar-refractivity contribution in [1.82, 2.24) is 0 Å². The molecule has 0 heterocycles. The molecule has 0 saturated carbocycles. The van der Waals surface area contributed by atoms with E-state index in [0.717, 1.165) is 0 Å². The average molecular weight is 449 g/mol. The number of carbonyl (C=O) groups excluding carboxylic acids is 2. The zero-order chi connectivity index (χ0) is 24.1. The summed E-state index contributed by atoms with van der Waals surface area (Å²) >= 11 is 0. The van der Waals surface area contributed by atoms with Crippen LogP contribution >= 0.6 is 0 Å². The number of hydrogen-bond donors (Lipinski definition) is 1. The number of nitrogens with zero attached hydrogens (tertiary/aromatic N) is 2. The van der Waals surface area contributed by atoms with Crippen LogP contribution in [0.25, 0.3) is 0 Å². The minimum Gasteiger partial charge on any atom is -0.444 e. The van der Waals surface area contributed by atoms with Crippen molar-refractivity contribution in [3.8, 4) is 0 Å². The lowest BCUT2D eigenvalue weighted by molar-refractivity contribution is -0.385. The second-order valence-electron chi connectivity index (χ2n) is 7.17. The Morgan fingerprint density at radius 1 is 0.879 bits per heavy atom. The lowest BCUT2D eigenvalue weighted by Crippen LogP contribution is -2.26. The fraction of sp³-hybridized carbons (Fsp3) is 0.130. The smallest absolute Gasteiger partial charge is 0.339 e. The van der Waals surface area contributed by atoms with Crippen LogP contribution in [0.1, 0.15) is 33.2 Å². The lowest BCUT2D eigenvalue weighted by Gasteiger charge is -2.19. The third-order valence-electron chi connectivity index (χ3n) is 4.89. The molecule has 0 saturated heterocycles. The van der Waals surface area contributed by atoms with E-state index >= 15 is 0 Å². The van der Waals surface area contributed by atoms with Crippen molar-refractivity contribution in [2.75, 3.05) is 5.32 Å². The minimum absolute atomic E-state index is 0.0564. The van der Waals surface area contributed by atoms with Gasteiger partial charge in [0.2, 0.25) is 6.10 Å². The van der Waals surface area contributed by atoms with Crippen LogP contribution in [0.5, 0.6) is 0 Å². The standard InChI is InChI=1S/C23H19N3O7/c1-14-11-12-18(20(13-14)26(31)32)24-22(27)21(16-7-4-3-5-8-16)33-23(28)17-9-6-10-19(15(17)2)25(29)30/h3-13,21H,1-2H3,(H,24,27)/t21-/m0/s1. The van der Waals surface area contributed by atoms with E-state index in [4.69, 9.17) is 4.74 Å². The molecule has 10 heteroatoms. The second kappa shape index (κ2) is 9.69. The van der Waals surface area contributed by atoms with Gasteiger partial charge in [0, 0.05) is 23.3 Å². The molecule has 168 valence electrons. The van der Waals surface area contributed by atoms with E-state index in [2.05, 4.69) is 5.32 Å². The highest BCUT2D eigenvalue weighted by Crippen LogP contribution is 2.29. The number of ether oxygens (including phenoxy) is 1. The average Bonchev–Trinajstić information content (AvgIpc) is 2.78. The van der Waals surface area contributed by atoms with Gasteiger partial charge in [-0.15, -0.1) is 0 Å². The molecular formula is C23H19N3O7. The Labute approximate surface area is 188 Å². The Hall–Kier alpha value is -4.60. The Balaban J connectivity index is 1.95. The van der Waals surface area contributed by atoms with Gasteiger partial charge in [-0.05, 0) is 31.5 Å². The van der Waals surface area contributed by atoms with Crippen molar-refractivity contribution in [1.29, 1.82) is 0 Å². The molecule has 0 spiro atoms. The van der Waals surface area contributed by atoms with Crippen molar-refractivity contribution >= 4 is 28.9 Å². The van der Waals surface area contributed by atoms with Crippen LogP contribution in [0.15, 0.2) is 66.7 Å². The highest BCUT2D eigenvalue weighted by Gasteiger charge is 2.29. The number of esters is 1. The van der Waals surface area contributed by atoms with Gasteiger partial charge in [0.15, 0.2) is 0 Å². The van der Waals surface area contributed by atoms with E-state index < -0.39 is 27.8 Å². The molecule has 33 heavy (non-hydrogen) atoms. The van der Waals surface area contributed by atoms with E-state index in [1.54, 1.807) is 43.3 Å². The van der Waals surface area contributed by atoms with Crippen LogP contribution in [0.2, 0.25) is 0 Å². The molecule has 0 aliphatic rings. The van der Waals surface area contributed by atoms with Crippen molar-refractivity contribution in [2.45, 2.75) is 20.0 Å². The molecule has 3 aromatic carbocycles. The predicted octanol–water partition coefficient (Wildman–Crippen LogP) is 4.66. The van der Waals surface area contributed by atoms with Crippen molar-refractivity contribution in [2.24, 2.45) is 0 Å². The summed E-state index contributed by atoms with van der Waals surface area (Å²) in [4.78, 5) is 47.3. The number of aryl methyl sites for hydroxylation is 1. The Bertz CT molecular complexity index is 1240. The summed E-state index contributed by atoms with van der Waals surface area (Å²) in [5, 5.41) is 25.0. The molecule has 0 unspecified atom stereocenters.